The summed E-state index contributed by atoms with van der Waals surface area (Å²) in [4.78, 5) is 0. The predicted octanol–water partition coefficient (Wildman–Crippen LogP) is 2.91. The molecular formula is C7H6I2O. The van der Waals surface area contributed by atoms with E-state index in [0.717, 1.165) is 7.14 Å². The van der Waals surface area contributed by atoms with E-state index in [1.165, 1.54) is 5.56 Å². The van der Waals surface area contributed by atoms with Gasteiger partial charge in [0, 0.05) is 3.57 Å². The molecular weight excluding hydrogens is 354 g/mol. The molecule has 3 heteroatoms. The standard InChI is InChI=1S/C7H6I2O/c1-4-2-3-5(10)7(9)6(4)8/h2-3,10H,1H3. The summed E-state index contributed by atoms with van der Waals surface area (Å²) in [5, 5.41) is 9.21. The highest BCUT2D eigenvalue weighted by Crippen LogP contribution is 2.26. The second kappa shape index (κ2) is 3.25. The highest BCUT2D eigenvalue weighted by Gasteiger charge is 2.03. The van der Waals surface area contributed by atoms with Gasteiger partial charge in [0.2, 0.25) is 0 Å². The van der Waals surface area contributed by atoms with Gasteiger partial charge in [-0.25, -0.2) is 0 Å². The Morgan fingerprint density at radius 3 is 2.30 bits per heavy atom. The van der Waals surface area contributed by atoms with Gasteiger partial charge in [0.15, 0.2) is 0 Å². The number of rotatable bonds is 0. The summed E-state index contributed by atoms with van der Waals surface area (Å²) in [6.07, 6.45) is 0. The van der Waals surface area contributed by atoms with Crippen molar-refractivity contribution < 1.29 is 5.11 Å². The van der Waals surface area contributed by atoms with Crippen LogP contribution in [0.2, 0.25) is 0 Å². The number of phenols is 1. The van der Waals surface area contributed by atoms with Gasteiger partial charge < -0.3 is 5.11 Å². The van der Waals surface area contributed by atoms with E-state index >= 15 is 0 Å². The molecule has 0 saturated carbocycles. The topological polar surface area (TPSA) is 20.2 Å². The van der Waals surface area contributed by atoms with E-state index < -0.39 is 0 Å². The van der Waals surface area contributed by atoms with Crippen molar-refractivity contribution in [2.24, 2.45) is 0 Å². The molecule has 0 aliphatic heterocycles. The van der Waals surface area contributed by atoms with Crippen LogP contribution in [0.25, 0.3) is 0 Å². The molecule has 0 heterocycles. The Balaban J connectivity index is 3.34. The van der Waals surface area contributed by atoms with Crippen LogP contribution in [0.4, 0.5) is 0 Å². The molecule has 1 aromatic carbocycles. The van der Waals surface area contributed by atoms with Crippen molar-refractivity contribution in [1.82, 2.24) is 0 Å². The van der Waals surface area contributed by atoms with Gasteiger partial charge in [-0.1, -0.05) is 6.07 Å². The van der Waals surface area contributed by atoms with E-state index in [4.69, 9.17) is 0 Å². The largest absolute Gasteiger partial charge is 0.507 e. The lowest BCUT2D eigenvalue weighted by molar-refractivity contribution is 0.471. The second-order valence-electron chi connectivity index (χ2n) is 2.03. The Hall–Kier alpha value is 0.480. The van der Waals surface area contributed by atoms with Crippen molar-refractivity contribution in [3.63, 3.8) is 0 Å². The Kier molecular flexibility index (Phi) is 2.79. The zero-order valence-electron chi connectivity index (χ0n) is 5.36. The highest BCUT2D eigenvalue weighted by atomic mass is 127. The maximum Gasteiger partial charge on any atom is 0.129 e. The molecule has 54 valence electrons. The van der Waals surface area contributed by atoms with Gasteiger partial charge in [-0.3, -0.25) is 0 Å². The van der Waals surface area contributed by atoms with Gasteiger partial charge in [-0.2, -0.15) is 0 Å². The van der Waals surface area contributed by atoms with Gasteiger partial charge in [0.25, 0.3) is 0 Å². The molecule has 0 aromatic heterocycles. The first-order chi connectivity index (χ1) is 4.63. The Morgan fingerprint density at radius 2 is 1.80 bits per heavy atom. The number of benzene rings is 1. The van der Waals surface area contributed by atoms with Crippen molar-refractivity contribution in [2.45, 2.75) is 6.92 Å². The molecule has 0 aliphatic carbocycles. The summed E-state index contributed by atoms with van der Waals surface area (Å²) in [5.41, 5.74) is 1.21. The molecule has 1 nitrogen and oxygen atoms in total. The van der Waals surface area contributed by atoms with Crippen molar-refractivity contribution in [2.75, 3.05) is 0 Å². The lowest BCUT2D eigenvalue weighted by atomic mass is 10.2. The molecule has 0 aliphatic rings. The minimum absolute atomic E-state index is 0.371. The van der Waals surface area contributed by atoms with Gasteiger partial charge in [-0.05, 0) is 63.7 Å². The Morgan fingerprint density at radius 1 is 1.20 bits per heavy atom. The molecule has 10 heavy (non-hydrogen) atoms. The van der Waals surface area contributed by atoms with E-state index in [1.54, 1.807) is 6.07 Å². The number of phenolic OH excluding ortho intramolecular Hbond substituents is 1. The van der Waals surface area contributed by atoms with E-state index in [0.29, 0.717) is 5.75 Å². The monoisotopic (exact) mass is 360 g/mol. The molecule has 1 rings (SSSR count). The molecule has 1 aromatic rings. The number of halogens is 2. The van der Waals surface area contributed by atoms with Crippen LogP contribution in [0, 0.1) is 14.1 Å². The van der Waals surface area contributed by atoms with Gasteiger partial charge >= 0.3 is 0 Å². The average Bonchev–Trinajstić information content (AvgIpc) is 1.93. The quantitative estimate of drug-likeness (QED) is 0.706. The number of hydrogen-bond donors (Lipinski definition) is 1. The van der Waals surface area contributed by atoms with Crippen molar-refractivity contribution in [1.29, 1.82) is 0 Å². The fraction of sp³-hybridized carbons (Fsp3) is 0.143. The van der Waals surface area contributed by atoms with E-state index in [-0.39, 0.29) is 0 Å². The SMILES string of the molecule is Cc1ccc(O)c(I)c1I. The number of aryl methyl sites for hydroxylation is 1. The number of hydrogen-bond acceptors (Lipinski definition) is 1. The Labute approximate surface area is 87.1 Å². The zero-order valence-corrected chi connectivity index (χ0v) is 9.67. The third-order valence-electron chi connectivity index (χ3n) is 1.26. The molecule has 1 N–H and O–H groups in total. The fourth-order valence-corrected chi connectivity index (χ4v) is 1.70. The summed E-state index contributed by atoms with van der Waals surface area (Å²) < 4.78 is 2.08. The van der Waals surface area contributed by atoms with E-state index in [9.17, 15) is 5.11 Å². The van der Waals surface area contributed by atoms with Crippen molar-refractivity contribution in [3.05, 3.63) is 24.8 Å². The van der Waals surface area contributed by atoms with Crippen LogP contribution >= 0.6 is 45.2 Å². The van der Waals surface area contributed by atoms with Gasteiger partial charge in [-0.15, -0.1) is 0 Å². The minimum atomic E-state index is 0.371. The predicted molar refractivity (Wildman–Crippen MR) is 58.3 cm³/mol. The van der Waals surface area contributed by atoms with Crippen LogP contribution in [0.3, 0.4) is 0 Å². The van der Waals surface area contributed by atoms with Crippen LogP contribution < -0.4 is 0 Å². The fourth-order valence-electron chi connectivity index (χ4n) is 0.636. The maximum atomic E-state index is 9.21. The summed E-state index contributed by atoms with van der Waals surface area (Å²) in [5.74, 6) is 0.371. The molecule has 0 spiro atoms. The third kappa shape index (κ3) is 1.55. The first kappa shape index (κ1) is 8.58. The minimum Gasteiger partial charge on any atom is -0.507 e. The summed E-state index contributed by atoms with van der Waals surface area (Å²) >= 11 is 4.36. The first-order valence-corrected chi connectivity index (χ1v) is 4.92. The van der Waals surface area contributed by atoms with Crippen LogP contribution in [-0.4, -0.2) is 5.11 Å². The lowest BCUT2D eigenvalue weighted by Crippen LogP contribution is -1.84. The van der Waals surface area contributed by atoms with Crippen molar-refractivity contribution >= 4 is 45.2 Å². The number of aromatic hydroxyl groups is 1. The first-order valence-electron chi connectivity index (χ1n) is 2.76. The van der Waals surface area contributed by atoms with E-state index in [1.807, 2.05) is 13.0 Å². The molecule has 0 saturated heterocycles. The third-order valence-corrected chi connectivity index (χ3v) is 4.77. The molecule has 0 unspecified atom stereocenters. The maximum absolute atomic E-state index is 9.21. The normalized spacial score (nSPS) is 9.90. The zero-order chi connectivity index (χ0) is 7.72. The van der Waals surface area contributed by atoms with Gasteiger partial charge in [0.1, 0.15) is 5.75 Å². The summed E-state index contributed by atoms with van der Waals surface area (Å²) in [7, 11) is 0. The van der Waals surface area contributed by atoms with Gasteiger partial charge in [0.05, 0.1) is 3.57 Å². The molecule has 0 amide bonds. The Bertz CT molecular complexity index is 231. The van der Waals surface area contributed by atoms with Crippen LogP contribution in [0.5, 0.6) is 5.75 Å². The van der Waals surface area contributed by atoms with Crippen LogP contribution in [0.15, 0.2) is 12.1 Å². The van der Waals surface area contributed by atoms with Crippen molar-refractivity contribution in [3.8, 4) is 5.75 Å². The average molecular weight is 360 g/mol. The molecule has 0 fully saturated rings. The highest BCUT2D eigenvalue weighted by molar-refractivity contribution is 14.1. The summed E-state index contributed by atoms with van der Waals surface area (Å²) in [6, 6.07) is 3.64. The van der Waals surface area contributed by atoms with Crippen LogP contribution in [0.1, 0.15) is 5.56 Å². The van der Waals surface area contributed by atoms with E-state index in [2.05, 4.69) is 45.2 Å². The molecule has 0 bridgehead atoms. The smallest absolute Gasteiger partial charge is 0.129 e. The summed E-state index contributed by atoms with van der Waals surface area (Å²) in [6.45, 7) is 2.03. The molecule has 0 radical (unpaired) electrons. The molecule has 0 atom stereocenters. The lowest BCUT2D eigenvalue weighted by Gasteiger charge is -2.01. The second-order valence-corrected chi connectivity index (χ2v) is 4.19. The van der Waals surface area contributed by atoms with Crippen LogP contribution in [-0.2, 0) is 0 Å².